The summed E-state index contributed by atoms with van der Waals surface area (Å²) in [5, 5.41) is 3.58. The van der Waals surface area contributed by atoms with Crippen molar-refractivity contribution in [1.82, 2.24) is 5.01 Å². The van der Waals surface area contributed by atoms with E-state index >= 15 is 0 Å². The van der Waals surface area contributed by atoms with E-state index in [1.54, 1.807) is 0 Å². The Morgan fingerprint density at radius 1 is 1.47 bits per heavy atom. The molecule has 80 valence electrons. The number of nitrogens with zero attached hydrogens (tertiary/aromatic N) is 4. The van der Waals surface area contributed by atoms with Gasteiger partial charge in [0.05, 0.1) is 5.57 Å². The van der Waals surface area contributed by atoms with Crippen LogP contribution in [0.1, 0.15) is 32.6 Å². The zero-order valence-corrected chi connectivity index (χ0v) is 8.51. The largest absolute Gasteiger partial charge is 0.348 e. The van der Waals surface area contributed by atoms with E-state index in [0.717, 1.165) is 19.3 Å². The molecule has 15 heavy (non-hydrogen) atoms. The Hall–Kier alpha value is -1.81. The number of carbonyl (C=O) groups excluding carboxylic acids is 2. The van der Waals surface area contributed by atoms with Crippen molar-refractivity contribution < 1.29 is 9.59 Å². The molecule has 0 unspecified atom stereocenters. The lowest BCUT2D eigenvalue weighted by Gasteiger charge is -2.01. The fourth-order valence-electron chi connectivity index (χ4n) is 1.38. The van der Waals surface area contributed by atoms with Crippen LogP contribution in [0.25, 0.3) is 10.4 Å². The lowest BCUT2D eigenvalue weighted by Crippen LogP contribution is -2.24. The Bertz CT molecular complexity index is 355. The third kappa shape index (κ3) is 2.57. The van der Waals surface area contributed by atoms with E-state index in [0.29, 0.717) is 17.0 Å². The molecule has 6 nitrogen and oxygen atoms in total. The molecule has 0 saturated heterocycles. The third-order valence-corrected chi connectivity index (χ3v) is 2.15. The van der Waals surface area contributed by atoms with Crippen LogP contribution in [0.4, 0.5) is 0 Å². The standard InChI is InChI=1S/C9H12N4O2/c1-2-3-4-5-7-6-8(14)13(9(7)15)12-11-10/h6H,2-5H2,1H3. The second kappa shape index (κ2) is 5.17. The summed E-state index contributed by atoms with van der Waals surface area (Å²) in [6, 6.07) is 0. The van der Waals surface area contributed by atoms with Crippen LogP contribution in [0.2, 0.25) is 0 Å². The average Bonchev–Trinajstić information content (AvgIpc) is 2.47. The molecule has 6 heteroatoms. The van der Waals surface area contributed by atoms with Crippen LogP contribution in [0.15, 0.2) is 16.9 Å². The summed E-state index contributed by atoms with van der Waals surface area (Å²) < 4.78 is 0. The first-order valence-corrected chi connectivity index (χ1v) is 4.84. The summed E-state index contributed by atoms with van der Waals surface area (Å²) in [6.07, 6.45) is 4.74. The van der Waals surface area contributed by atoms with Crippen molar-refractivity contribution in [2.75, 3.05) is 0 Å². The van der Waals surface area contributed by atoms with Crippen LogP contribution < -0.4 is 0 Å². The second-order valence-electron chi connectivity index (χ2n) is 3.26. The van der Waals surface area contributed by atoms with E-state index in [1.165, 1.54) is 6.08 Å². The molecule has 1 rings (SSSR count). The van der Waals surface area contributed by atoms with Gasteiger partial charge < -0.3 is 0 Å². The van der Waals surface area contributed by atoms with Gasteiger partial charge in [-0.2, -0.15) is 4.91 Å². The average molecular weight is 208 g/mol. The van der Waals surface area contributed by atoms with Gasteiger partial charge in [-0.3, -0.25) is 0 Å². The number of imide groups is 1. The summed E-state index contributed by atoms with van der Waals surface area (Å²) in [6.45, 7) is 2.06. The molecule has 0 aromatic rings. The van der Waals surface area contributed by atoms with E-state index in [9.17, 15) is 9.59 Å². The number of azide groups is 1. The minimum atomic E-state index is -0.552. The van der Waals surface area contributed by atoms with Crippen LogP contribution in [0, 0.1) is 0 Å². The van der Waals surface area contributed by atoms with Gasteiger partial charge in [0.1, 0.15) is 0 Å². The van der Waals surface area contributed by atoms with Gasteiger partial charge in [0.25, 0.3) is 0 Å². The molecule has 2 amide bonds. The summed E-state index contributed by atoms with van der Waals surface area (Å²) >= 11 is 0. The predicted molar refractivity (Wildman–Crippen MR) is 53.2 cm³/mol. The highest BCUT2D eigenvalue weighted by Gasteiger charge is 2.34. The van der Waals surface area contributed by atoms with Crippen LogP contribution in [-0.4, -0.2) is 16.8 Å². The van der Waals surface area contributed by atoms with Gasteiger partial charge in [0.15, 0.2) is 0 Å². The number of unbranched alkanes of at least 4 members (excludes halogenated alkanes) is 2. The van der Waals surface area contributed by atoms with Crippen molar-refractivity contribution in [3.8, 4) is 0 Å². The topological polar surface area (TPSA) is 86.1 Å². The van der Waals surface area contributed by atoms with E-state index < -0.39 is 11.8 Å². The molecule has 0 N–H and O–H groups in total. The SMILES string of the molecule is CCCCCC1=CC(=O)N(N=[N+]=[N-])C1=O. The Balaban J connectivity index is 2.61. The van der Waals surface area contributed by atoms with Crippen molar-refractivity contribution in [3.63, 3.8) is 0 Å². The first kappa shape index (κ1) is 11.3. The molecular weight excluding hydrogens is 196 g/mol. The zero-order chi connectivity index (χ0) is 11.3. The molecule has 1 heterocycles. The maximum Gasteiger partial charge on any atom is 0.348 e. The van der Waals surface area contributed by atoms with Gasteiger partial charge >= 0.3 is 11.8 Å². The molecule has 0 aromatic heterocycles. The highest BCUT2D eigenvalue weighted by atomic mass is 16.2. The van der Waals surface area contributed by atoms with E-state index in [1.807, 2.05) is 0 Å². The molecule has 0 saturated carbocycles. The lowest BCUT2D eigenvalue weighted by atomic mass is 10.1. The van der Waals surface area contributed by atoms with Gasteiger partial charge in [-0.25, -0.2) is 9.59 Å². The Labute approximate surface area is 87.2 Å². The van der Waals surface area contributed by atoms with Crippen LogP contribution >= 0.6 is 0 Å². The van der Waals surface area contributed by atoms with Crippen molar-refractivity contribution in [2.24, 2.45) is 5.22 Å². The highest BCUT2D eigenvalue weighted by molar-refractivity contribution is 6.15. The summed E-state index contributed by atoms with van der Waals surface area (Å²) in [5.74, 6) is -1.04. The molecule has 0 aromatic carbocycles. The van der Waals surface area contributed by atoms with Crippen molar-refractivity contribution in [3.05, 3.63) is 22.1 Å². The van der Waals surface area contributed by atoms with Gasteiger partial charge in [0.2, 0.25) is 0 Å². The first-order valence-electron chi connectivity index (χ1n) is 4.84. The van der Waals surface area contributed by atoms with E-state index in [-0.39, 0.29) is 0 Å². The van der Waals surface area contributed by atoms with E-state index in [4.69, 9.17) is 5.53 Å². The molecule has 1 aliphatic heterocycles. The number of amides is 2. The molecular formula is C9H12N4O2. The monoisotopic (exact) mass is 208 g/mol. The van der Waals surface area contributed by atoms with Crippen molar-refractivity contribution in [1.29, 1.82) is 0 Å². The van der Waals surface area contributed by atoms with Crippen LogP contribution in [-0.2, 0) is 9.59 Å². The van der Waals surface area contributed by atoms with Gasteiger partial charge in [-0.05, 0) is 18.1 Å². The molecule has 0 radical (unpaired) electrons. The van der Waals surface area contributed by atoms with Crippen LogP contribution in [0.5, 0.6) is 0 Å². The minimum absolute atomic E-state index is 0.431. The normalized spacial score (nSPS) is 15.3. The maximum atomic E-state index is 11.5. The van der Waals surface area contributed by atoms with Gasteiger partial charge in [0, 0.05) is 6.08 Å². The number of carbonyl (C=O) groups is 2. The second-order valence-corrected chi connectivity index (χ2v) is 3.26. The number of rotatable bonds is 5. The summed E-state index contributed by atoms with van der Waals surface area (Å²) in [4.78, 5) is 25.1. The van der Waals surface area contributed by atoms with E-state index in [2.05, 4.69) is 17.1 Å². The highest BCUT2D eigenvalue weighted by Crippen LogP contribution is 2.19. The first-order chi connectivity index (χ1) is 7.20. The fourth-order valence-corrected chi connectivity index (χ4v) is 1.38. The summed E-state index contributed by atoms with van der Waals surface area (Å²) in [7, 11) is 0. The van der Waals surface area contributed by atoms with Gasteiger partial charge in [-0.1, -0.05) is 19.8 Å². The quantitative estimate of drug-likeness (QED) is 0.228. The predicted octanol–water partition coefficient (Wildman–Crippen LogP) is 2.09. The Kier molecular flexibility index (Phi) is 3.88. The fraction of sp³-hybridized carbons (Fsp3) is 0.556. The molecule has 0 atom stereocenters. The smallest absolute Gasteiger partial charge is 0.241 e. The molecule has 0 aliphatic carbocycles. The number of hydrogen-bond donors (Lipinski definition) is 0. The Morgan fingerprint density at radius 3 is 2.80 bits per heavy atom. The summed E-state index contributed by atoms with van der Waals surface area (Å²) in [5.41, 5.74) is 8.58. The van der Waals surface area contributed by atoms with Crippen molar-refractivity contribution in [2.45, 2.75) is 32.6 Å². The lowest BCUT2D eigenvalue weighted by molar-refractivity contribution is -0.137. The zero-order valence-electron chi connectivity index (χ0n) is 8.51. The van der Waals surface area contributed by atoms with Gasteiger partial charge in [-0.15, -0.1) is 10.5 Å². The molecule has 1 aliphatic rings. The Morgan fingerprint density at radius 2 is 2.20 bits per heavy atom. The molecule has 0 spiro atoms. The third-order valence-electron chi connectivity index (χ3n) is 2.15. The molecule has 0 fully saturated rings. The molecule has 0 bridgehead atoms. The number of hydrogen-bond acceptors (Lipinski definition) is 3. The van der Waals surface area contributed by atoms with Crippen LogP contribution in [0.3, 0.4) is 0 Å². The van der Waals surface area contributed by atoms with Crippen molar-refractivity contribution >= 4 is 11.8 Å². The minimum Gasteiger partial charge on any atom is -0.241 e. The maximum absolute atomic E-state index is 11.5.